The van der Waals surface area contributed by atoms with Crippen LogP contribution >= 0.6 is 0 Å². The Labute approximate surface area is 329 Å². The zero-order valence-electron chi connectivity index (χ0n) is 30.9. The summed E-state index contributed by atoms with van der Waals surface area (Å²) in [6.07, 6.45) is -8.32. The Balaban J connectivity index is 1.38. The van der Waals surface area contributed by atoms with Crippen molar-refractivity contribution in [2.75, 3.05) is 19.8 Å². The number of aliphatic hydroxyl groups excluding tert-OH is 1. The third-order valence-corrected chi connectivity index (χ3v) is 8.93. The van der Waals surface area contributed by atoms with Gasteiger partial charge in [-0.05, 0) is 60.5 Å². The lowest BCUT2D eigenvalue weighted by Crippen LogP contribution is -2.63. The second-order valence-corrected chi connectivity index (χ2v) is 13.0. The molecule has 0 saturated carbocycles. The van der Waals surface area contributed by atoms with Crippen molar-refractivity contribution in [2.24, 2.45) is 0 Å². The highest BCUT2D eigenvalue weighted by molar-refractivity contribution is 5.91. The van der Waals surface area contributed by atoms with E-state index < -0.39 is 67.3 Å². The fourth-order valence-corrected chi connectivity index (χ4v) is 6.04. The van der Waals surface area contributed by atoms with Gasteiger partial charge in [0.05, 0.1) is 41.6 Å². The molecule has 0 radical (unpaired) electrons. The van der Waals surface area contributed by atoms with Crippen LogP contribution in [0, 0.1) is 0 Å². The van der Waals surface area contributed by atoms with Gasteiger partial charge in [0, 0.05) is 6.61 Å². The normalized spacial score (nSPS) is 19.4. The van der Waals surface area contributed by atoms with Gasteiger partial charge in [0.25, 0.3) is 0 Å². The molecule has 57 heavy (non-hydrogen) atoms. The van der Waals surface area contributed by atoms with Gasteiger partial charge in [0.1, 0.15) is 12.7 Å². The predicted octanol–water partition coefficient (Wildman–Crippen LogP) is 6.23. The molecule has 5 aromatic carbocycles. The number of carbonyl (C=O) groups is 4. The second kappa shape index (κ2) is 20.7. The zero-order chi connectivity index (χ0) is 39.8. The first-order chi connectivity index (χ1) is 27.9. The summed E-state index contributed by atoms with van der Waals surface area (Å²) in [7, 11) is 0. The highest BCUT2D eigenvalue weighted by Crippen LogP contribution is 2.33. The first-order valence-corrected chi connectivity index (χ1v) is 18.4. The lowest BCUT2D eigenvalue weighted by Gasteiger charge is -2.45. The van der Waals surface area contributed by atoms with Crippen LogP contribution in [0.4, 0.5) is 0 Å². The van der Waals surface area contributed by atoms with Gasteiger partial charge in [-0.15, -0.1) is 0 Å². The number of esters is 4. The molecule has 0 bridgehead atoms. The third kappa shape index (κ3) is 11.4. The summed E-state index contributed by atoms with van der Waals surface area (Å²) in [5.41, 5.74) is 1.64. The van der Waals surface area contributed by atoms with Crippen LogP contribution in [0.3, 0.4) is 0 Å². The Morgan fingerprint density at radius 2 is 0.965 bits per heavy atom. The summed E-state index contributed by atoms with van der Waals surface area (Å²) in [5.74, 6) is -3.17. The molecule has 12 heteroatoms. The zero-order valence-corrected chi connectivity index (χ0v) is 30.9. The molecule has 0 amide bonds. The summed E-state index contributed by atoms with van der Waals surface area (Å²) in [4.78, 5) is 54.6. The van der Waals surface area contributed by atoms with E-state index in [1.165, 1.54) is 36.4 Å². The van der Waals surface area contributed by atoms with Crippen molar-refractivity contribution >= 4 is 23.9 Å². The summed E-state index contributed by atoms with van der Waals surface area (Å²) < 4.78 is 42.8. The average Bonchev–Trinajstić information content (AvgIpc) is 3.26. The molecule has 0 spiro atoms. The standard InChI is InChI=1S/C45H42O12/c46-27-26-36(29-51-28-31-16-6-1-7-17-31)53-45-40(57-44(50)35-24-14-5-15-25-35)39(56-43(49)34-22-12-4-13-23-34)38(55-42(48)33-20-10-3-11-21-33)37(54-45)30-52-41(47)32-18-8-2-9-19-32/h1-25,36-40,45-46H,26-30H2/t36?,37-,38-,39+,40-,45-/m1/s1. The molecule has 0 aliphatic carbocycles. The third-order valence-electron chi connectivity index (χ3n) is 8.93. The topological polar surface area (TPSA) is 153 Å². The quantitative estimate of drug-likeness (QED) is 0.0842. The van der Waals surface area contributed by atoms with Gasteiger partial charge in [-0.1, -0.05) is 103 Å². The summed E-state index contributed by atoms with van der Waals surface area (Å²) >= 11 is 0. The monoisotopic (exact) mass is 774 g/mol. The van der Waals surface area contributed by atoms with Crippen LogP contribution in [0.2, 0.25) is 0 Å². The molecule has 5 aromatic rings. The number of rotatable bonds is 17. The maximum atomic E-state index is 13.9. The fourth-order valence-electron chi connectivity index (χ4n) is 6.04. The summed E-state index contributed by atoms with van der Waals surface area (Å²) in [6, 6.07) is 42.0. The van der Waals surface area contributed by atoms with E-state index in [1.807, 2.05) is 30.3 Å². The van der Waals surface area contributed by atoms with Gasteiger partial charge in [0.15, 0.2) is 24.6 Å². The van der Waals surface area contributed by atoms with Gasteiger partial charge in [-0.25, -0.2) is 19.2 Å². The highest BCUT2D eigenvalue weighted by atomic mass is 16.7. The molecule has 1 unspecified atom stereocenters. The van der Waals surface area contributed by atoms with Crippen molar-refractivity contribution in [2.45, 2.75) is 49.8 Å². The van der Waals surface area contributed by atoms with Crippen molar-refractivity contribution in [3.63, 3.8) is 0 Å². The van der Waals surface area contributed by atoms with Crippen LogP contribution in [-0.4, -0.2) is 85.6 Å². The molecule has 0 aromatic heterocycles. The predicted molar refractivity (Wildman–Crippen MR) is 205 cm³/mol. The van der Waals surface area contributed by atoms with E-state index in [1.54, 1.807) is 84.9 Å². The lowest BCUT2D eigenvalue weighted by atomic mass is 9.97. The maximum Gasteiger partial charge on any atom is 0.338 e. The smallest absolute Gasteiger partial charge is 0.338 e. The van der Waals surface area contributed by atoms with E-state index in [2.05, 4.69) is 0 Å². The Morgan fingerprint density at radius 3 is 1.44 bits per heavy atom. The van der Waals surface area contributed by atoms with E-state index in [0.717, 1.165) is 5.56 Å². The first-order valence-electron chi connectivity index (χ1n) is 18.4. The minimum atomic E-state index is -1.59. The molecule has 1 N–H and O–H groups in total. The largest absolute Gasteiger partial charge is 0.459 e. The van der Waals surface area contributed by atoms with E-state index in [0.29, 0.717) is 0 Å². The van der Waals surface area contributed by atoms with E-state index in [9.17, 15) is 24.3 Å². The Kier molecular flexibility index (Phi) is 14.7. The first kappa shape index (κ1) is 40.5. The van der Waals surface area contributed by atoms with E-state index >= 15 is 0 Å². The molecule has 1 saturated heterocycles. The Morgan fingerprint density at radius 1 is 0.544 bits per heavy atom. The molecular formula is C45H42O12. The van der Waals surface area contributed by atoms with Crippen molar-refractivity contribution in [3.05, 3.63) is 179 Å². The van der Waals surface area contributed by atoms with Gasteiger partial charge in [0.2, 0.25) is 0 Å². The molecule has 1 heterocycles. The average molecular weight is 775 g/mol. The lowest BCUT2D eigenvalue weighted by molar-refractivity contribution is -0.312. The van der Waals surface area contributed by atoms with E-state index in [-0.39, 0.29) is 48.5 Å². The molecule has 1 aliphatic heterocycles. The second-order valence-electron chi connectivity index (χ2n) is 13.0. The molecule has 6 atom stereocenters. The number of benzene rings is 5. The minimum Gasteiger partial charge on any atom is -0.459 e. The number of ether oxygens (including phenoxy) is 7. The minimum absolute atomic E-state index is 0.0246. The number of hydrogen-bond acceptors (Lipinski definition) is 12. The van der Waals surface area contributed by atoms with Gasteiger partial charge in [-0.2, -0.15) is 0 Å². The van der Waals surface area contributed by atoms with Crippen LogP contribution in [-0.2, 0) is 39.8 Å². The molecule has 294 valence electrons. The van der Waals surface area contributed by atoms with Gasteiger partial charge >= 0.3 is 23.9 Å². The van der Waals surface area contributed by atoms with Crippen LogP contribution in [0.15, 0.2) is 152 Å². The SMILES string of the molecule is O=C(OC[C@H]1O[C@@H](OC(CCO)COCc2ccccc2)[C@H](OC(=O)c2ccccc2)[C@@H](OC(=O)c2ccccc2)[C@@H]1OC(=O)c1ccccc1)c1ccccc1. The highest BCUT2D eigenvalue weighted by Gasteiger charge is 2.54. The van der Waals surface area contributed by atoms with Crippen molar-refractivity contribution < 1.29 is 57.4 Å². The summed E-state index contributed by atoms with van der Waals surface area (Å²) in [5, 5.41) is 10.0. The number of carbonyl (C=O) groups excluding carboxylic acids is 4. The summed E-state index contributed by atoms with van der Waals surface area (Å²) in [6.45, 7) is -0.600. The fraction of sp³-hybridized carbons (Fsp3) is 0.244. The van der Waals surface area contributed by atoms with Crippen LogP contribution in [0.25, 0.3) is 0 Å². The molecular weight excluding hydrogens is 732 g/mol. The Hall–Kier alpha value is -6.18. The maximum absolute atomic E-state index is 13.9. The molecule has 6 rings (SSSR count). The van der Waals surface area contributed by atoms with Crippen LogP contribution < -0.4 is 0 Å². The molecule has 1 aliphatic rings. The van der Waals surface area contributed by atoms with Crippen molar-refractivity contribution in [3.8, 4) is 0 Å². The van der Waals surface area contributed by atoms with Gasteiger partial charge in [-0.3, -0.25) is 0 Å². The molecule has 12 nitrogen and oxygen atoms in total. The van der Waals surface area contributed by atoms with E-state index in [4.69, 9.17) is 33.2 Å². The number of aliphatic hydroxyl groups is 1. The van der Waals surface area contributed by atoms with Gasteiger partial charge < -0.3 is 38.3 Å². The van der Waals surface area contributed by atoms with Crippen LogP contribution in [0.5, 0.6) is 0 Å². The Bertz CT molecular complexity index is 2010. The number of hydrogen-bond donors (Lipinski definition) is 1. The van der Waals surface area contributed by atoms with Crippen molar-refractivity contribution in [1.29, 1.82) is 0 Å². The van der Waals surface area contributed by atoms with Crippen molar-refractivity contribution in [1.82, 2.24) is 0 Å². The van der Waals surface area contributed by atoms with Crippen LogP contribution in [0.1, 0.15) is 53.4 Å². The molecule has 1 fully saturated rings.